The van der Waals surface area contributed by atoms with Crippen molar-refractivity contribution in [1.29, 1.82) is 5.26 Å². The monoisotopic (exact) mass is 330 g/mol. The van der Waals surface area contributed by atoms with Gasteiger partial charge in [-0.15, -0.1) is 0 Å². The number of rotatable bonds is 6. The predicted octanol–water partition coefficient (Wildman–Crippen LogP) is 4.46. The number of nitriles is 1. The van der Waals surface area contributed by atoms with Crippen molar-refractivity contribution in [1.82, 2.24) is 10.2 Å². The molecule has 0 aliphatic rings. The second-order valence-corrected chi connectivity index (χ2v) is 6.20. The molecule has 126 valence electrons. The van der Waals surface area contributed by atoms with Crippen molar-refractivity contribution in [2.45, 2.75) is 32.6 Å². The molecule has 0 spiro atoms. The highest BCUT2D eigenvalue weighted by molar-refractivity contribution is 5.70. The van der Waals surface area contributed by atoms with Gasteiger partial charge in [-0.3, -0.25) is 5.10 Å². The summed E-state index contributed by atoms with van der Waals surface area (Å²) in [5.74, 6) is 0.588. The first-order valence-electron chi connectivity index (χ1n) is 8.63. The average Bonchev–Trinajstić information content (AvgIpc) is 3.00. The van der Waals surface area contributed by atoms with Crippen molar-refractivity contribution in [3.05, 3.63) is 70.9 Å². The van der Waals surface area contributed by atoms with E-state index in [1.807, 2.05) is 24.3 Å². The van der Waals surface area contributed by atoms with Gasteiger partial charge in [-0.2, -0.15) is 10.4 Å². The highest BCUT2D eigenvalue weighted by Crippen LogP contribution is 2.25. The molecular weight excluding hydrogens is 308 g/mol. The first-order valence-corrected chi connectivity index (χ1v) is 8.63. The van der Waals surface area contributed by atoms with Crippen molar-refractivity contribution in [2.24, 2.45) is 0 Å². The van der Waals surface area contributed by atoms with Crippen LogP contribution >= 0.6 is 0 Å². The van der Waals surface area contributed by atoms with Gasteiger partial charge in [0.15, 0.2) is 0 Å². The molecule has 0 saturated carbocycles. The van der Waals surface area contributed by atoms with Crippen LogP contribution in [-0.2, 0) is 12.8 Å². The minimum Gasteiger partial charge on any atom is -0.382 e. The summed E-state index contributed by atoms with van der Waals surface area (Å²) in [6.45, 7) is 2.18. The summed E-state index contributed by atoms with van der Waals surface area (Å²) in [5.41, 5.74) is 12.2. The lowest BCUT2D eigenvalue weighted by molar-refractivity contribution is 0.766. The normalized spacial score (nSPS) is 10.6. The topological polar surface area (TPSA) is 78.5 Å². The van der Waals surface area contributed by atoms with E-state index >= 15 is 0 Å². The smallest absolute Gasteiger partial charge is 0.149 e. The number of H-pyrrole nitrogens is 1. The fourth-order valence-corrected chi connectivity index (χ4v) is 3.01. The third kappa shape index (κ3) is 3.72. The molecule has 0 bridgehead atoms. The molecule has 0 atom stereocenters. The number of hydrogen-bond acceptors (Lipinski definition) is 3. The Morgan fingerprint density at radius 1 is 1.12 bits per heavy atom. The maximum atomic E-state index is 9.26. The Hall–Kier alpha value is -3.06. The van der Waals surface area contributed by atoms with Crippen LogP contribution in [0.2, 0.25) is 0 Å². The van der Waals surface area contributed by atoms with Gasteiger partial charge in [-0.1, -0.05) is 55.8 Å². The molecule has 3 aromatic rings. The molecule has 0 aliphatic heterocycles. The van der Waals surface area contributed by atoms with Gasteiger partial charge < -0.3 is 5.73 Å². The first kappa shape index (κ1) is 16.8. The van der Waals surface area contributed by atoms with Gasteiger partial charge in [0.1, 0.15) is 5.82 Å². The Morgan fingerprint density at radius 3 is 2.60 bits per heavy atom. The van der Waals surface area contributed by atoms with Crippen LogP contribution in [0.5, 0.6) is 0 Å². The van der Waals surface area contributed by atoms with Crippen molar-refractivity contribution >= 4 is 5.82 Å². The number of hydrogen-bond donors (Lipinski definition) is 2. The lowest BCUT2D eigenvalue weighted by atomic mass is 9.97. The second kappa shape index (κ2) is 7.67. The van der Waals surface area contributed by atoms with E-state index < -0.39 is 0 Å². The zero-order valence-corrected chi connectivity index (χ0v) is 14.4. The number of nitrogen functional groups attached to an aromatic ring is 1. The van der Waals surface area contributed by atoms with E-state index in [4.69, 9.17) is 5.73 Å². The molecule has 0 unspecified atom stereocenters. The van der Waals surface area contributed by atoms with Crippen LogP contribution in [0, 0.1) is 11.3 Å². The number of nitrogens with one attached hydrogen (secondary N) is 1. The molecule has 2 aromatic carbocycles. The molecule has 0 aliphatic carbocycles. The van der Waals surface area contributed by atoms with Crippen LogP contribution in [0.3, 0.4) is 0 Å². The van der Waals surface area contributed by atoms with Gasteiger partial charge in [0, 0.05) is 17.7 Å². The minimum atomic E-state index is 0.588. The fraction of sp³-hybridized carbons (Fsp3) is 0.238. The van der Waals surface area contributed by atoms with Crippen LogP contribution in [0.1, 0.15) is 42.1 Å². The molecule has 0 saturated heterocycles. The Labute approximate surface area is 148 Å². The number of unbranched alkanes of at least 4 members (excludes halogenated alkanes) is 1. The fourth-order valence-electron chi connectivity index (χ4n) is 3.01. The number of anilines is 1. The Morgan fingerprint density at radius 2 is 1.88 bits per heavy atom. The van der Waals surface area contributed by atoms with Gasteiger partial charge in [0.25, 0.3) is 0 Å². The number of aryl methyl sites for hydroxylation is 1. The third-order valence-corrected chi connectivity index (χ3v) is 4.46. The van der Waals surface area contributed by atoms with E-state index in [1.165, 1.54) is 5.56 Å². The minimum absolute atomic E-state index is 0.588. The van der Waals surface area contributed by atoms with E-state index in [9.17, 15) is 5.26 Å². The summed E-state index contributed by atoms with van der Waals surface area (Å²) in [6, 6.07) is 18.2. The van der Waals surface area contributed by atoms with E-state index in [0.29, 0.717) is 11.4 Å². The molecule has 0 amide bonds. The van der Waals surface area contributed by atoms with Crippen molar-refractivity contribution < 1.29 is 0 Å². The Kier molecular flexibility index (Phi) is 5.15. The van der Waals surface area contributed by atoms with Gasteiger partial charge >= 0.3 is 0 Å². The highest BCUT2D eigenvalue weighted by Gasteiger charge is 2.11. The van der Waals surface area contributed by atoms with Crippen LogP contribution in [-0.4, -0.2) is 10.2 Å². The molecule has 3 N–H and O–H groups in total. The summed E-state index contributed by atoms with van der Waals surface area (Å²) in [7, 11) is 0. The summed E-state index contributed by atoms with van der Waals surface area (Å²) < 4.78 is 0. The third-order valence-electron chi connectivity index (χ3n) is 4.46. The van der Waals surface area contributed by atoms with E-state index in [-0.39, 0.29) is 0 Å². The van der Waals surface area contributed by atoms with Crippen molar-refractivity contribution in [2.75, 3.05) is 5.73 Å². The second-order valence-electron chi connectivity index (χ2n) is 6.20. The Bertz CT molecular complexity index is 885. The maximum Gasteiger partial charge on any atom is 0.149 e. The summed E-state index contributed by atoms with van der Waals surface area (Å²) in [4.78, 5) is 0. The molecule has 3 rings (SSSR count). The molecule has 4 nitrogen and oxygen atoms in total. The molecule has 0 fully saturated rings. The SMILES string of the molecule is CCCCc1[nH]nc(N)c1Cc1ccc(-c2ccccc2C#N)cc1. The van der Waals surface area contributed by atoms with Gasteiger partial charge in [-0.05, 0) is 35.6 Å². The number of benzene rings is 2. The quantitative estimate of drug-likeness (QED) is 0.700. The number of aromatic amines is 1. The Balaban J connectivity index is 1.82. The molecular formula is C21H22N4. The van der Waals surface area contributed by atoms with Crippen LogP contribution in [0.4, 0.5) is 5.82 Å². The average molecular weight is 330 g/mol. The largest absolute Gasteiger partial charge is 0.382 e. The lowest BCUT2D eigenvalue weighted by Crippen LogP contribution is -1.97. The summed E-state index contributed by atoms with van der Waals surface area (Å²) in [5, 5.41) is 16.5. The summed E-state index contributed by atoms with van der Waals surface area (Å²) in [6.07, 6.45) is 4.01. The number of nitrogens with two attached hydrogens (primary N) is 1. The van der Waals surface area contributed by atoms with Gasteiger partial charge in [0.2, 0.25) is 0 Å². The van der Waals surface area contributed by atoms with Crippen LogP contribution < -0.4 is 5.73 Å². The predicted molar refractivity (Wildman–Crippen MR) is 101 cm³/mol. The number of nitrogens with zero attached hydrogens (tertiary/aromatic N) is 2. The standard InChI is InChI=1S/C21H22N4/c1-2-3-8-20-19(21(23)25-24-20)13-15-9-11-16(12-10-15)18-7-5-4-6-17(18)14-22/h4-7,9-12H,2-3,8,13H2,1H3,(H3,23,24,25). The van der Waals surface area contributed by atoms with E-state index in [2.05, 4.69) is 47.5 Å². The van der Waals surface area contributed by atoms with Crippen LogP contribution in [0.25, 0.3) is 11.1 Å². The molecule has 1 aromatic heterocycles. The highest BCUT2D eigenvalue weighted by atomic mass is 15.2. The lowest BCUT2D eigenvalue weighted by Gasteiger charge is -2.07. The van der Waals surface area contributed by atoms with Crippen LogP contribution in [0.15, 0.2) is 48.5 Å². The zero-order chi connectivity index (χ0) is 17.6. The van der Waals surface area contributed by atoms with Gasteiger partial charge in [-0.25, -0.2) is 0 Å². The first-order chi connectivity index (χ1) is 12.2. The van der Waals surface area contributed by atoms with E-state index in [1.54, 1.807) is 0 Å². The number of aromatic nitrogens is 2. The maximum absolute atomic E-state index is 9.26. The van der Waals surface area contributed by atoms with Crippen molar-refractivity contribution in [3.8, 4) is 17.2 Å². The zero-order valence-electron chi connectivity index (χ0n) is 14.4. The molecule has 1 heterocycles. The van der Waals surface area contributed by atoms with Crippen molar-refractivity contribution in [3.63, 3.8) is 0 Å². The molecule has 25 heavy (non-hydrogen) atoms. The molecule has 4 heteroatoms. The molecule has 0 radical (unpaired) electrons. The van der Waals surface area contributed by atoms with Gasteiger partial charge in [0.05, 0.1) is 11.6 Å². The summed E-state index contributed by atoms with van der Waals surface area (Å²) >= 11 is 0. The van der Waals surface area contributed by atoms with E-state index in [0.717, 1.165) is 48.1 Å².